The van der Waals surface area contributed by atoms with Crippen molar-refractivity contribution in [2.45, 2.75) is 20.8 Å². The zero-order valence-corrected chi connectivity index (χ0v) is 21.5. The first-order valence-electron chi connectivity index (χ1n) is 12.1. The molecule has 0 bridgehead atoms. The van der Waals surface area contributed by atoms with E-state index in [1.807, 2.05) is 99.6 Å². The molecule has 2 N–H and O–H groups in total. The molecule has 0 saturated heterocycles. The van der Waals surface area contributed by atoms with E-state index >= 15 is 0 Å². The normalized spacial score (nSPS) is 10.6. The molecule has 0 aliphatic rings. The highest BCUT2D eigenvalue weighted by Gasteiger charge is 2.19. The van der Waals surface area contributed by atoms with Gasteiger partial charge in [-0.2, -0.15) is 5.10 Å². The highest BCUT2D eigenvalue weighted by atomic mass is 16.5. The van der Waals surface area contributed by atoms with Crippen molar-refractivity contribution in [3.05, 3.63) is 90.0 Å². The van der Waals surface area contributed by atoms with Crippen LogP contribution in [0.2, 0.25) is 0 Å². The fraction of sp³-hybridized carbons (Fsp3) is 0.207. The molecule has 37 heavy (non-hydrogen) atoms. The van der Waals surface area contributed by atoms with Gasteiger partial charge in [0.05, 0.1) is 18.5 Å². The van der Waals surface area contributed by atoms with Gasteiger partial charge in [-0.25, -0.2) is 9.48 Å². The van der Waals surface area contributed by atoms with Crippen LogP contribution in [0, 0.1) is 13.8 Å². The Morgan fingerprint density at radius 1 is 0.946 bits per heavy atom. The summed E-state index contributed by atoms with van der Waals surface area (Å²) in [6.45, 7) is 6.04. The first kappa shape index (κ1) is 25.5. The largest absolute Gasteiger partial charge is 0.497 e. The summed E-state index contributed by atoms with van der Waals surface area (Å²) in [4.78, 5) is 27.5. The number of hydrogen-bond donors (Lipinski definition) is 2. The number of ether oxygens (including phenoxy) is 1. The summed E-state index contributed by atoms with van der Waals surface area (Å²) < 4.78 is 6.94. The molecule has 0 aliphatic carbocycles. The molecule has 1 heterocycles. The predicted molar refractivity (Wildman–Crippen MR) is 146 cm³/mol. The van der Waals surface area contributed by atoms with Crippen molar-refractivity contribution in [3.63, 3.8) is 0 Å². The lowest BCUT2D eigenvalue weighted by Gasteiger charge is -2.21. The summed E-state index contributed by atoms with van der Waals surface area (Å²) in [6, 6.07) is 24.4. The highest BCUT2D eigenvalue weighted by molar-refractivity contribution is 5.97. The Kier molecular flexibility index (Phi) is 7.88. The highest BCUT2D eigenvalue weighted by Crippen LogP contribution is 2.26. The molecule has 0 saturated carbocycles. The number of carbonyl (C=O) groups excluding carboxylic acids is 2. The standard InChI is InChI=1S/C29H31N5O3/c1-5-33(29(36)30-25-16-11-20(2)17-21(25)3)19-28(35)31-27-18-26(22-9-7-6-8-10-22)32-34(27)23-12-14-24(37-4)15-13-23/h6-18H,5,19H2,1-4H3,(H,30,36)(H,31,35). The van der Waals surface area contributed by atoms with Gasteiger partial charge in [0, 0.05) is 23.9 Å². The fourth-order valence-corrected chi connectivity index (χ4v) is 3.97. The average molecular weight is 498 g/mol. The van der Waals surface area contributed by atoms with Crippen LogP contribution in [0.1, 0.15) is 18.1 Å². The van der Waals surface area contributed by atoms with Crippen molar-refractivity contribution in [1.82, 2.24) is 14.7 Å². The second-order valence-electron chi connectivity index (χ2n) is 8.70. The number of hydrogen-bond acceptors (Lipinski definition) is 4. The van der Waals surface area contributed by atoms with Crippen LogP contribution in [0.5, 0.6) is 5.75 Å². The first-order chi connectivity index (χ1) is 17.9. The molecule has 0 atom stereocenters. The van der Waals surface area contributed by atoms with Gasteiger partial charge in [-0.3, -0.25) is 4.79 Å². The molecule has 8 nitrogen and oxygen atoms in total. The number of nitrogens with one attached hydrogen (secondary N) is 2. The number of methoxy groups -OCH3 is 1. The first-order valence-corrected chi connectivity index (χ1v) is 12.1. The summed E-state index contributed by atoms with van der Waals surface area (Å²) in [5.74, 6) is 0.893. The molecule has 3 amide bonds. The monoisotopic (exact) mass is 497 g/mol. The van der Waals surface area contributed by atoms with E-state index in [1.54, 1.807) is 11.8 Å². The van der Waals surface area contributed by atoms with Crippen molar-refractivity contribution in [2.75, 3.05) is 30.8 Å². The number of amides is 3. The minimum absolute atomic E-state index is 0.109. The number of anilines is 2. The molecule has 0 radical (unpaired) electrons. The second kappa shape index (κ2) is 11.4. The Bertz CT molecular complexity index is 1380. The van der Waals surface area contributed by atoms with Crippen LogP contribution in [0.3, 0.4) is 0 Å². The SMILES string of the molecule is CCN(CC(=O)Nc1cc(-c2ccccc2)nn1-c1ccc(OC)cc1)C(=O)Nc1ccc(C)cc1C. The van der Waals surface area contributed by atoms with E-state index in [1.165, 1.54) is 4.90 Å². The van der Waals surface area contributed by atoms with E-state index in [4.69, 9.17) is 9.84 Å². The average Bonchev–Trinajstić information content (AvgIpc) is 3.33. The second-order valence-corrected chi connectivity index (χ2v) is 8.70. The molecule has 0 aliphatic heterocycles. The Morgan fingerprint density at radius 2 is 1.68 bits per heavy atom. The zero-order chi connectivity index (χ0) is 26.4. The molecule has 0 unspecified atom stereocenters. The maximum Gasteiger partial charge on any atom is 0.322 e. The lowest BCUT2D eigenvalue weighted by Crippen LogP contribution is -2.40. The number of likely N-dealkylation sites (N-methyl/N-ethyl adjacent to an activating group) is 1. The lowest BCUT2D eigenvalue weighted by atomic mass is 10.1. The van der Waals surface area contributed by atoms with Gasteiger partial charge < -0.3 is 20.3 Å². The summed E-state index contributed by atoms with van der Waals surface area (Å²) in [5, 5.41) is 10.6. The van der Waals surface area contributed by atoms with Crippen molar-refractivity contribution in [2.24, 2.45) is 0 Å². The molecule has 3 aromatic carbocycles. The third-order valence-corrected chi connectivity index (χ3v) is 5.99. The van der Waals surface area contributed by atoms with Crippen LogP contribution < -0.4 is 15.4 Å². The van der Waals surface area contributed by atoms with Gasteiger partial charge in [0.15, 0.2) is 0 Å². The van der Waals surface area contributed by atoms with Crippen LogP contribution in [0.15, 0.2) is 78.9 Å². The molecule has 4 rings (SSSR count). The minimum atomic E-state index is -0.335. The van der Waals surface area contributed by atoms with E-state index in [2.05, 4.69) is 10.6 Å². The molecule has 0 spiro atoms. The molecular weight excluding hydrogens is 466 g/mol. The Balaban J connectivity index is 1.54. The Morgan fingerprint density at radius 3 is 2.32 bits per heavy atom. The molecular formula is C29H31N5O3. The van der Waals surface area contributed by atoms with E-state index < -0.39 is 0 Å². The maximum absolute atomic E-state index is 13.1. The van der Waals surface area contributed by atoms with E-state index in [0.29, 0.717) is 18.1 Å². The van der Waals surface area contributed by atoms with Crippen molar-refractivity contribution >= 4 is 23.4 Å². The van der Waals surface area contributed by atoms with Gasteiger partial charge >= 0.3 is 6.03 Å². The lowest BCUT2D eigenvalue weighted by molar-refractivity contribution is -0.116. The number of nitrogens with zero attached hydrogens (tertiary/aromatic N) is 3. The van der Waals surface area contributed by atoms with Gasteiger partial charge in [-0.1, -0.05) is 48.0 Å². The molecule has 8 heteroatoms. The number of aromatic nitrogens is 2. The zero-order valence-electron chi connectivity index (χ0n) is 21.5. The number of carbonyl (C=O) groups is 2. The van der Waals surface area contributed by atoms with Crippen LogP contribution in [-0.2, 0) is 4.79 Å². The van der Waals surface area contributed by atoms with Gasteiger partial charge in [-0.05, 0) is 56.7 Å². The van der Waals surface area contributed by atoms with Crippen LogP contribution >= 0.6 is 0 Å². The van der Waals surface area contributed by atoms with Crippen molar-refractivity contribution in [3.8, 4) is 22.7 Å². The van der Waals surface area contributed by atoms with Gasteiger partial charge in [0.25, 0.3) is 0 Å². The van der Waals surface area contributed by atoms with E-state index in [-0.39, 0.29) is 18.5 Å². The van der Waals surface area contributed by atoms with Crippen LogP contribution in [0.25, 0.3) is 16.9 Å². The summed E-state index contributed by atoms with van der Waals surface area (Å²) in [5.41, 5.74) is 5.20. The molecule has 0 fully saturated rings. The molecule has 190 valence electrons. The van der Waals surface area contributed by atoms with Gasteiger partial charge in [0.1, 0.15) is 18.1 Å². The quantitative estimate of drug-likeness (QED) is 0.329. The Labute approximate surface area is 216 Å². The Hall–Kier alpha value is -4.59. The fourth-order valence-electron chi connectivity index (χ4n) is 3.97. The topological polar surface area (TPSA) is 88.5 Å². The minimum Gasteiger partial charge on any atom is -0.497 e. The van der Waals surface area contributed by atoms with Crippen molar-refractivity contribution < 1.29 is 14.3 Å². The molecule has 4 aromatic rings. The number of aryl methyl sites for hydroxylation is 2. The van der Waals surface area contributed by atoms with Gasteiger partial charge in [-0.15, -0.1) is 0 Å². The third kappa shape index (κ3) is 6.16. The van der Waals surface area contributed by atoms with Crippen LogP contribution in [-0.4, -0.2) is 46.8 Å². The summed E-state index contributed by atoms with van der Waals surface area (Å²) in [6.07, 6.45) is 0. The predicted octanol–water partition coefficient (Wildman–Crippen LogP) is 5.66. The number of benzene rings is 3. The summed E-state index contributed by atoms with van der Waals surface area (Å²) >= 11 is 0. The maximum atomic E-state index is 13.1. The number of rotatable bonds is 8. The number of urea groups is 1. The van der Waals surface area contributed by atoms with E-state index in [9.17, 15) is 9.59 Å². The van der Waals surface area contributed by atoms with Gasteiger partial charge in [0.2, 0.25) is 5.91 Å². The van der Waals surface area contributed by atoms with E-state index in [0.717, 1.165) is 33.8 Å². The smallest absolute Gasteiger partial charge is 0.322 e. The van der Waals surface area contributed by atoms with Crippen LogP contribution in [0.4, 0.5) is 16.3 Å². The van der Waals surface area contributed by atoms with Crippen molar-refractivity contribution in [1.29, 1.82) is 0 Å². The molecule has 1 aromatic heterocycles. The third-order valence-electron chi connectivity index (χ3n) is 5.99. The summed E-state index contributed by atoms with van der Waals surface area (Å²) in [7, 11) is 1.61.